The van der Waals surface area contributed by atoms with Gasteiger partial charge in [-0.1, -0.05) is 18.2 Å². The Balaban J connectivity index is 2.29. The molecule has 3 rings (SSSR count). The summed E-state index contributed by atoms with van der Waals surface area (Å²) in [5.41, 5.74) is 2.53. The van der Waals surface area contributed by atoms with Gasteiger partial charge in [-0.2, -0.15) is 0 Å². The second kappa shape index (κ2) is 3.55. The molecule has 0 spiro atoms. The fourth-order valence-electron chi connectivity index (χ4n) is 1.95. The Bertz CT molecular complexity index is 628. The third kappa shape index (κ3) is 1.44. The van der Waals surface area contributed by atoms with E-state index in [1.54, 1.807) is 10.8 Å². The maximum atomic E-state index is 11.0. The van der Waals surface area contributed by atoms with Crippen molar-refractivity contribution < 1.29 is 9.90 Å². The van der Waals surface area contributed by atoms with Gasteiger partial charge in [0.15, 0.2) is 5.69 Å². The lowest BCUT2D eigenvalue weighted by Gasteiger charge is -2.07. The standard InChI is InChI=1S/C12H9N3O2/c16-12(17)11-10-6-13-5-8-3-1-2-4-9(8)15(10)7-14-11/h1-4,6-7H,5H2,(H,16,17). The highest BCUT2D eigenvalue weighted by atomic mass is 16.4. The molecule has 0 unspecified atom stereocenters. The molecule has 0 atom stereocenters. The van der Waals surface area contributed by atoms with Gasteiger partial charge in [0.25, 0.3) is 0 Å². The minimum atomic E-state index is -1.04. The maximum Gasteiger partial charge on any atom is 0.356 e. The van der Waals surface area contributed by atoms with E-state index in [1.165, 1.54) is 6.33 Å². The molecule has 0 bridgehead atoms. The molecule has 5 nitrogen and oxygen atoms in total. The number of fused-ring (bicyclic) bond motifs is 3. The number of nitrogens with zero attached hydrogens (tertiary/aromatic N) is 3. The Morgan fingerprint density at radius 1 is 1.35 bits per heavy atom. The zero-order valence-electron chi connectivity index (χ0n) is 8.87. The van der Waals surface area contributed by atoms with E-state index in [4.69, 9.17) is 5.11 Å². The van der Waals surface area contributed by atoms with E-state index in [0.717, 1.165) is 11.3 Å². The number of para-hydroxylation sites is 1. The van der Waals surface area contributed by atoms with Crippen molar-refractivity contribution in [2.75, 3.05) is 0 Å². The van der Waals surface area contributed by atoms with Crippen molar-refractivity contribution in [2.24, 2.45) is 4.99 Å². The van der Waals surface area contributed by atoms with Crippen LogP contribution in [0.2, 0.25) is 0 Å². The largest absolute Gasteiger partial charge is 0.476 e. The number of carbonyl (C=O) groups is 1. The average molecular weight is 227 g/mol. The molecule has 5 heteroatoms. The molecule has 0 fully saturated rings. The van der Waals surface area contributed by atoms with Gasteiger partial charge in [-0.05, 0) is 11.6 Å². The summed E-state index contributed by atoms with van der Waals surface area (Å²) in [5.74, 6) is -1.04. The summed E-state index contributed by atoms with van der Waals surface area (Å²) < 4.78 is 1.76. The zero-order valence-corrected chi connectivity index (χ0v) is 8.87. The Kier molecular flexibility index (Phi) is 2.04. The van der Waals surface area contributed by atoms with Crippen LogP contribution in [0.3, 0.4) is 0 Å². The van der Waals surface area contributed by atoms with Crippen molar-refractivity contribution in [3.05, 3.63) is 47.5 Å². The van der Waals surface area contributed by atoms with E-state index in [-0.39, 0.29) is 5.69 Å². The van der Waals surface area contributed by atoms with Crippen molar-refractivity contribution in [3.8, 4) is 5.69 Å². The van der Waals surface area contributed by atoms with E-state index >= 15 is 0 Å². The summed E-state index contributed by atoms with van der Waals surface area (Å²) in [6.07, 6.45) is 3.09. The number of aliphatic imine (C=N–C) groups is 1. The second-order valence-electron chi connectivity index (χ2n) is 3.75. The molecule has 0 radical (unpaired) electrons. The quantitative estimate of drug-likeness (QED) is 0.802. The highest BCUT2D eigenvalue weighted by Crippen LogP contribution is 2.21. The molecule has 17 heavy (non-hydrogen) atoms. The lowest BCUT2D eigenvalue weighted by Crippen LogP contribution is -2.05. The first-order chi connectivity index (χ1) is 8.27. The van der Waals surface area contributed by atoms with Gasteiger partial charge in [0.1, 0.15) is 6.33 Å². The molecule has 1 aromatic carbocycles. The molecule has 0 saturated heterocycles. The zero-order chi connectivity index (χ0) is 11.8. The molecule has 1 aliphatic rings. The van der Waals surface area contributed by atoms with Crippen LogP contribution in [-0.2, 0) is 6.54 Å². The fraction of sp³-hybridized carbons (Fsp3) is 0.0833. The first-order valence-corrected chi connectivity index (χ1v) is 5.16. The van der Waals surface area contributed by atoms with Crippen molar-refractivity contribution in [3.63, 3.8) is 0 Å². The van der Waals surface area contributed by atoms with Gasteiger partial charge in [0.2, 0.25) is 0 Å². The average Bonchev–Trinajstić information content (AvgIpc) is 2.66. The summed E-state index contributed by atoms with van der Waals surface area (Å²) in [7, 11) is 0. The molecule has 0 saturated carbocycles. The highest BCUT2D eigenvalue weighted by molar-refractivity contribution is 5.96. The van der Waals surface area contributed by atoms with Crippen LogP contribution in [-0.4, -0.2) is 26.8 Å². The molecule has 2 aromatic rings. The first kappa shape index (κ1) is 9.77. The van der Waals surface area contributed by atoms with Gasteiger partial charge in [0.05, 0.1) is 17.9 Å². The SMILES string of the molecule is O=C(O)c1ncn2c1C=NCc1ccccc1-2. The monoisotopic (exact) mass is 227 g/mol. The van der Waals surface area contributed by atoms with Crippen LogP contribution >= 0.6 is 0 Å². The molecule has 0 aliphatic carbocycles. The van der Waals surface area contributed by atoms with Gasteiger partial charge in [-0.15, -0.1) is 0 Å². The second-order valence-corrected chi connectivity index (χ2v) is 3.75. The Morgan fingerprint density at radius 3 is 3.00 bits per heavy atom. The smallest absolute Gasteiger partial charge is 0.356 e. The predicted molar refractivity (Wildman–Crippen MR) is 61.8 cm³/mol. The number of benzene rings is 1. The van der Waals surface area contributed by atoms with Gasteiger partial charge in [0, 0.05) is 6.21 Å². The van der Waals surface area contributed by atoms with Crippen LogP contribution in [0, 0.1) is 0 Å². The summed E-state index contributed by atoms with van der Waals surface area (Å²) in [4.78, 5) is 19.2. The minimum absolute atomic E-state index is 0.0328. The van der Waals surface area contributed by atoms with Crippen molar-refractivity contribution in [1.82, 2.24) is 9.55 Å². The number of carboxylic acids is 1. The molecular weight excluding hydrogens is 218 g/mol. The fourth-order valence-corrected chi connectivity index (χ4v) is 1.95. The third-order valence-electron chi connectivity index (χ3n) is 2.73. The van der Waals surface area contributed by atoms with E-state index < -0.39 is 5.97 Å². The van der Waals surface area contributed by atoms with Gasteiger partial charge in [-0.3, -0.25) is 9.56 Å². The predicted octanol–water partition coefficient (Wildman–Crippen LogP) is 1.50. The van der Waals surface area contributed by atoms with Crippen molar-refractivity contribution in [1.29, 1.82) is 0 Å². The van der Waals surface area contributed by atoms with Crippen LogP contribution in [0.1, 0.15) is 21.7 Å². The summed E-state index contributed by atoms with van der Waals surface area (Å²) in [6.45, 7) is 0.552. The van der Waals surface area contributed by atoms with Crippen molar-refractivity contribution in [2.45, 2.75) is 6.54 Å². The van der Waals surface area contributed by atoms with Crippen LogP contribution in [0.15, 0.2) is 35.6 Å². The number of carboxylic acid groups (broad SMARTS) is 1. The number of aromatic carboxylic acids is 1. The van der Waals surface area contributed by atoms with Gasteiger partial charge < -0.3 is 5.11 Å². The summed E-state index contributed by atoms with van der Waals surface area (Å²) in [6, 6.07) is 7.76. The van der Waals surface area contributed by atoms with E-state index in [0.29, 0.717) is 12.2 Å². The van der Waals surface area contributed by atoms with Crippen LogP contribution < -0.4 is 0 Å². The topological polar surface area (TPSA) is 67.5 Å². The maximum absolute atomic E-state index is 11.0. The molecule has 1 aromatic heterocycles. The Hall–Kier alpha value is -2.43. The summed E-state index contributed by atoms with van der Waals surface area (Å²) in [5, 5.41) is 9.03. The highest BCUT2D eigenvalue weighted by Gasteiger charge is 2.19. The number of rotatable bonds is 1. The normalized spacial score (nSPS) is 12.7. The molecule has 1 N–H and O–H groups in total. The minimum Gasteiger partial charge on any atom is -0.476 e. The van der Waals surface area contributed by atoms with Crippen molar-refractivity contribution >= 4 is 12.2 Å². The lowest BCUT2D eigenvalue weighted by molar-refractivity contribution is 0.0691. The Labute approximate surface area is 97.1 Å². The van der Waals surface area contributed by atoms with E-state index in [9.17, 15) is 4.79 Å². The van der Waals surface area contributed by atoms with E-state index in [1.807, 2.05) is 24.3 Å². The molecule has 2 heterocycles. The van der Waals surface area contributed by atoms with Crippen LogP contribution in [0.25, 0.3) is 5.69 Å². The summed E-state index contributed by atoms with van der Waals surface area (Å²) >= 11 is 0. The number of hydrogen-bond acceptors (Lipinski definition) is 3. The number of hydrogen-bond donors (Lipinski definition) is 1. The number of imidazole rings is 1. The van der Waals surface area contributed by atoms with Gasteiger partial charge >= 0.3 is 5.97 Å². The molecule has 1 aliphatic heterocycles. The molecular formula is C12H9N3O2. The third-order valence-corrected chi connectivity index (χ3v) is 2.73. The van der Waals surface area contributed by atoms with Gasteiger partial charge in [-0.25, -0.2) is 9.78 Å². The van der Waals surface area contributed by atoms with E-state index in [2.05, 4.69) is 9.98 Å². The Morgan fingerprint density at radius 2 is 2.18 bits per heavy atom. The first-order valence-electron chi connectivity index (χ1n) is 5.16. The lowest BCUT2D eigenvalue weighted by atomic mass is 10.2. The molecule has 84 valence electrons. The van der Waals surface area contributed by atoms with Crippen LogP contribution in [0.5, 0.6) is 0 Å². The molecule has 0 amide bonds. The number of aromatic nitrogens is 2. The van der Waals surface area contributed by atoms with Crippen LogP contribution in [0.4, 0.5) is 0 Å².